The van der Waals surface area contributed by atoms with Gasteiger partial charge in [-0.05, 0) is 24.3 Å². The molecular weight excluding hydrogens is 286 g/mol. The van der Waals surface area contributed by atoms with Gasteiger partial charge >= 0.3 is 0 Å². The summed E-state index contributed by atoms with van der Waals surface area (Å²) in [6, 6.07) is 7.35. The number of methoxy groups -OCH3 is 1. The summed E-state index contributed by atoms with van der Waals surface area (Å²) in [7, 11) is 1.49. The first-order valence-corrected chi connectivity index (χ1v) is 5.58. The average Bonchev–Trinajstić information content (AvgIpc) is 2.32. The van der Waals surface area contributed by atoms with E-state index in [4.69, 9.17) is 15.2 Å². The highest BCUT2D eigenvalue weighted by molar-refractivity contribution is 9.10. The fourth-order valence-electron chi connectivity index (χ4n) is 1.25. The fraction of sp³-hybridized carbons (Fsp3) is 0.0909. The van der Waals surface area contributed by atoms with Crippen LogP contribution in [0.2, 0.25) is 0 Å². The summed E-state index contributed by atoms with van der Waals surface area (Å²) in [6.45, 7) is 0. The minimum absolute atomic E-state index is 0.245. The molecule has 0 fully saturated rings. The lowest BCUT2D eigenvalue weighted by molar-refractivity contribution is 0.369. The van der Waals surface area contributed by atoms with Crippen molar-refractivity contribution in [2.45, 2.75) is 0 Å². The summed E-state index contributed by atoms with van der Waals surface area (Å²) < 4.78 is 11.6. The van der Waals surface area contributed by atoms with Crippen molar-refractivity contribution in [3.05, 3.63) is 35.1 Å². The second-order valence-corrected chi connectivity index (χ2v) is 4.07. The van der Waals surface area contributed by atoms with Crippen LogP contribution in [0.5, 0.6) is 17.4 Å². The molecule has 1 aromatic carbocycles. The van der Waals surface area contributed by atoms with Crippen LogP contribution in [0, 0.1) is 0 Å². The Balaban J connectivity index is 2.29. The van der Waals surface area contributed by atoms with Gasteiger partial charge in [-0.2, -0.15) is 4.98 Å². The second-order valence-electron chi connectivity index (χ2n) is 3.15. The van der Waals surface area contributed by atoms with Crippen LogP contribution >= 0.6 is 15.9 Å². The van der Waals surface area contributed by atoms with Crippen molar-refractivity contribution in [3.8, 4) is 17.4 Å². The molecule has 17 heavy (non-hydrogen) atoms. The van der Waals surface area contributed by atoms with Gasteiger partial charge in [0.1, 0.15) is 12.1 Å². The Morgan fingerprint density at radius 3 is 2.53 bits per heavy atom. The van der Waals surface area contributed by atoms with E-state index in [-0.39, 0.29) is 5.82 Å². The van der Waals surface area contributed by atoms with Crippen LogP contribution in [0.25, 0.3) is 0 Å². The average molecular weight is 296 g/mol. The fourth-order valence-corrected chi connectivity index (χ4v) is 1.51. The molecule has 0 aliphatic carbocycles. The van der Waals surface area contributed by atoms with E-state index >= 15 is 0 Å². The molecule has 1 heterocycles. The number of anilines is 1. The summed E-state index contributed by atoms with van der Waals surface area (Å²) >= 11 is 3.34. The quantitative estimate of drug-likeness (QED) is 0.942. The van der Waals surface area contributed by atoms with Gasteiger partial charge in [0.2, 0.25) is 5.75 Å². The van der Waals surface area contributed by atoms with Crippen LogP contribution in [0.3, 0.4) is 0 Å². The van der Waals surface area contributed by atoms with E-state index < -0.39 is 0 Å². The third-order valence-corrected chi connectivity index (χ3v) is 2.56. The first-order chi connectivity index (χ1) is 8.20. The molecule has 0 spiro atoms. The number of aromatic nitrogens is 2. The Hall–Kier alpha value is -1.82. The lowest BCUT2D eigenvalue weighted by atomic mass is 10.3. The predicted molar refractivity (Wildman–Crippen MR) is 67.2 cm³/mol. The van der Waals surface area contributed by atoms with Crippen LogP contribution in [0.15, 0.2) is 35.1 Å². The lowest BCUT2D eigenvalue weighted by Gasteiger charge is -2.09. The van der Waals surface area contributed by atoms with Gasteiger partial charge in [0, 0.05) is 4.47 Å². The van der Waals surface area contributed by atoms with Crippen molar-refractivity contribution in [2.75, 3.05) is 12.8 Å². The van der Waals surface area contributed by atoms with Crippen molar-refractivity contribution in [2.24, 2.45) is 0 Å². The topological polar surface area (TPSA) is 70.3 Å². The molecule has 0 aliphatic heterocycles. The molecule has 5 nitrogen and oxygen atoms in total. The number of nitrogens with two attached hydrogens (primary N) is 1. The predicted octanol–water partition coefficient (Wildman–Crippen LogP) is 2.62. The van der Waals surface area contributed by atoms with Crippen LogP contribution < -0.4 is 15.2 Å². The Labute approximate surface area is 107 Å². The highest BCUT2D eigenvalue weighted by Gasteiger charge is 2.11. The molecule has 88 valence electrons. The van der Waals surface area contributed by atoms with E-state index in [9.17, 15) is 0 Å². The third-order valence-electron chi connectivity index (χ3n) is 2.03. The molecule has 1 aromatic heterocycles. The number of hydrogen-bond acceptors (Lipinski definition) is 5. The first-order valence-electron chi connectivity index (χ1n) is 4.78. The number of ether oxygens (including phenoxy) is 2. The van der Waals surface area contributed by atoms with Gasteiger partial charge in [0.15, 0.2) is 5.82 Å². The van der Waals surface area contributed by atoms with Gasteiger partial charge < -0.3 is 15.2 Å². The summed E-state index contributed by atoms with van der Waals surface area (Å²) in [6.07, 6.45) is 1.33. The van der Waals surface area contributed by atoms with Gasteiger partial charge in [-0.1, -0.05) is 15.9 Å². The first kappa shape index (κ1) is 11.7. The molecule has 0 amide bonds. The number of nitrogens with zero attached hydrogens (tertiary/aromatic N) is 2. The van der Waals surface area contributed by atoms with Crippen LogP contribution in [-0.2, 0) is 0 Å². The lowest BCUT2D eigenvalue weighted by Crippen LogP contribution is -2.00. The Kier molecular flexibility index (Phi) is 3.43. The van der Waals surface area contributed by atoms with Crippen molar-refractivity contribution in [3.63, 3.8) is 0 Å². The molecule has 2 aromatic rings. The normalized spacial score (nSPS) is 10.0. The van der Waals surface area contributed by atoms with Crippen LogP contribution in [0.1, 0.15) is 0 Å². The third kappa shape index (κ3) is 2.65. The molecular formula is C11H10BrN3O2. The van der Waals surface area contributed by atoms with Crippen molar-refractivity contribution < 1.29 is 9.47 Å². The number of benzene rings is 1. The van der Waals surface area contributed by atoms with Crippen molar-refractivity contribution in [1.82, 2.24) is 9.97 Å². The summed E-state index contributed by atoms with van der Waals surface area (Å²) in [5, 5.41) is 0. The van der Waals surface area contributed by atoms with Gasteiger partial charge in [-0.25, -0.2) is 4.98 Å². The number of hydrogen-bond donors (Lipinski definition) is 1. The van der Waals surface area contributed by atoms with Crippen molar-refractivity contribution in [1.29, 1.82) is 0 Å². The van der Waals surface area contributed by atoms with E-state index in [0.29, 0.717) is 17.4 Å². The minimum Gasteiger partial charge on any atom is -0.489 e. The van der Waals surface area contributed by atoms with Crippen LogP contribution in [-0.4, -0.2) is 17.1 Å². The molecule has 0 radical (unpaired) electrons. The minimum atomic E-state index is 0.245. The summed E-state index contributed by atoms with van der Waals surface area (Å²) in [4.78, 5) is 7.80. The maximum atomic E-state index is 5.65. The molecule has 0 bridgehead atoms. The Bertz CT molecular complexity index is 517. The standard InChI is InChI=1S/C11H10BrN3O2/c1-16-9-10(13)14-6-15-11(9)17-8-4-2-7(12)3-5-8/h2-6H,1H3,(H2,13,14,15). The van der Waals surface area contributed by atoms with E-state index in [0.717, 1.165) is 4.47 Å². The van der Waals surface area contributed by atoms with E-state index in [2.05, 4.69) is 25.9 Å². The zero-order valence-electron chi connectivity index (χ0n) is 9.05. The highest BCUT2D eigenvalue weighted by Crippen LogP contribution is 2.32. The SMILES string of the molecule is COc1c(N)ncnc1Oc1ccc(Br)cc1. The zero-order valence-corrected chi connectivity index (χ0v) is 10.6. The number of halogens is 1. The summed E-state index contributed by atoms with van der Waals surface area (Å²) in [5.41, 5.74) is 5.65. The maximum Gasteiger partial charge on any atom is 0.268 e. The second kappa shape index (κ2) is 5.01. The number of rotatable bonds is 3. The Morgan fingerprint density at radius 1 is 1.18 bits per heavy atom. The zero-order chi connectivity index (χ0) is 12.3. The van der Waals surface area contributed by atoms with E-state index in [1.807, 2.05) is 24.3 Å². The van der Waals surface area contributed by atoms with Gasteiger partial charge in [-0.15, -0.1) is 0 Å². The van der Waals surface area contributed by atoms with E-state index in [1.54, 1.807) is 0 Å². The van der Waals surface area contributed by atoms with E-state index in [1.165, 1.54) is 13.4 Å². The van der Waals surface area contributed by atoms with Gasteiger partial charge in [0.05, 0.1) is 7.11 Å². The maximum absolute atomic E-state index is 5.65. The highest BCUT2D eigenvalue weighted by atomic mass is 79.9. The Morgan fingerprint density at radius 2 is 1.88 bits per heavy atom. The smallest absolute Gasteiger partial charge is 0.268 e. The molecule has 0 unspecified atom stereocenters. The van der Waals surface area contributed by atoms with Crippen molar-refractivity contribution >= 4 is 21.7 Å². The molecule has 0 saturated heterocycles. The summed E-state index contributed by atoms with van der Waals surface area (Å²) in [5.74, 6) is 1.51. The monoisotopic (exact) mass is 295 g/mol. The largest absolute Gasteiger partial charge is 0.489 e. The molecule has 0 aliphatic rings. The molecule has 0 saturated carbocycles. The van der Waals surface area contributed by atoms with Gasteiger partial charge in [0.25, 0.3) is 5.88 Å². The number of nitrogen functional groups attached to an aromatic ring is 1. The van der Waals surface area contributed by atoms with Gasteiger partial charge in [-0.3, -0.25) is 0 Å². The van der Waals surface area contributed by atoms with Crippen LogP contribution in [0.4, 0.5) is 5.82 Å². The molecule has 0 atom stereocenters. The molecule has 6 heteroatoms. The molecule has 2 rings (SSSR count). The molecule has 2 N–H and O–H groups in total.